The number of ether oxygens (including phenoxy) is 1. The third kappa shape index (κ3) is 3.25. The molecule has 0 saturated carbocycles. The molecule has 0 spiro atoms. The van der Waals surface area contributed by atoms with E-state index in [1.165, 1.54) is 0 Å². The van der Waals surface area contributed by atoms with Gasteiger partial charge in [-0.3, -0.25) is 0 Å². The molecular formula is C16H17N3O2. The summed E-state index contributed by atoms with van der Waals surface area (Å²) >= 11 is 0. The number of nitrogen functional groups attached to an aromatic ring is 1. The molecule has 0 atom stereocenters. The van der Waals surface area contributed by atoms with Gasteiger partial charge in [-0.2, -0.15) is 0 Å². The van der Waals surface area contributed by atoms with E-state index >= 15 is 0 Å². The van der Waals surface area contributed by atoms with Crippen molar-refractivity contribution in [2.45, 2.75) is 13.8 Å². The van der Waals surface area contributed by atoms with Crippen LogP contribution in [0.25, 0.3) is 11.1 Å². The third-order valence-corrected chi connectivity index (χ3v) is 3.03. The number of aromatic nitrogens is 1. The van der Waals surface area contributed by atoms with Crippen LogP contribution in [-0.4, -0.2) is 23.3 Å². The monoisotopic (exact) mass is 283 g/mol. The highest BCUT2D eigenvalue weighted by Gasteiger charge is 2.10. The molecule has 1 aromatic heterocycles. The summed E-state index contributed by atoms with van der Waals surface area (Å²) in [6.45, 7) is 3.76. The van der Waals surface area contributed by atoms with E-state index in [9.17, 15) is 4.79 Å². The van der Waals surface area contributed by atoms with Gasteiger partial charge in [-0.05, 0) is 37.6 Å². The van der Waals surface area contributed by atoms with E-state index in [1.807, 2.05) is 6.07 Å². The summed E-state index contributed by atoms with van der Waals surface area (Å²) in [5.74, 6) is -0.0287. The molecule has 0 saturated heterocycles. The second-order valence-corrected chi connectivity index (χ2v) is 4.58. The van der Waals surface area contributed by atoms with Crippen LogP contribution in [0.5, 0.6) is 0 Å². The van der Waals surface area contributed by atoms with Gasteiger partial charge in [0.05, 0.1) is 12.2 Å². The minimum Gasteiger partial charge on any atom is -0.462 e. The Morgan fingerprint density at radius 1 is 1.33 bits per heavy atom. The first kappa shape index (κ1) is 14.7. The third-order valence-electron chi connectivity index (χ3n) is 3.03. The number of esters is 1. The molecule has 1 heterocycles. The number of pyridine rings is 1. The molecule has 5 heteroatoms. The number of hydrogen-bond donors (Lipinski definition) is 2. The van der Waals surface area contributed by atoms with E-state index in [0.717, 1.165) is 11.1 Å². The summed E-state index contributed by atoms with van der Waals surface area (Å²) in [7, 11) is 0. The van der Waals surface area contributed by atoms with Crippen molar-refractivity contribution in [2.24, 2.45) is 0 Å². The van der Waals surface area contributed by atoms with E-state index in [2.05, 4.69) is 4.98 Å². The average molecular weight is 283 g/mol. The molecule has 0 aliphatic carbocycles. The smallest absolute Gasteiger partial charge is 0.338 e. The van der Waals surface area contributed by atoms with Crippen molar-refractivity contribution in [3.8, 4) is 11.1 Å². The lowest BCUT2D eigenvalue weighted by Crippen LogP contribution is -2.05. The van der Waals surface area contributed by atoms with Crippen molar-refractivity contribution in [3.05, 3.63) is 47.7 Å². The van der Waals surface area contributed by atoms with Crippen LogP contribution >= 0.6 is 0 Å². The van der Waals surface area contributed by atoms with Gasteiger partial charge >= 0.3 is 5.97 Å². The van der Waals surface area contributed by atoms with E-state index in [0.29, 0.717) is 29.3 Å². The number of nitrogens with one attached hydrogen (secondary N) is 1. The maximum atomic E-state index is 11.8. The van der Waals surface area contributed by atoms with Gasteiger partial charge < -0.3 is 15.9 Å². The molecule has 0 unspecified atom stereocenters. The normalized spacial score (nSPS) is 10.2. The Kier molecular flexibility index (Phi) is 4.33. The van der Waals surface area contributed by atoms with Crippen LogP contribution in [-0.2, 0) is 4.74 Å². The van der Waals surface area contributed by atoms with Gasteiger partial charge in [0, 0.05) is 23.0 Å². The molecule has 0 aliphatic heterocycles. The number of nitrogens with two attached hydrogens (primary N) is 1. The lowest BCUT2D eigenvalue weighted by atomic mass is 10.0. The molecule has 2 aromatic rings. The quantitative estimate of drug-likeness (QED) is 0.667. The highest BCUT2D eigenvalue weighted by atomic mass is 16.5. The van der Waals surface area contributed by atoms with E-state index in [4.69, 9.17) is 15.9 Å². The Balaban J connectivity index is 2.43. The van der Waals surface area contributed by atoms with Crippen molar-refractivity contribution in [1.82, 2.24) is 4.98 Å². The Morgan fingerprint density at radius 3 is 2.76 bits per heavy atom. The van der Waals surface area contributed by atoms with E-state index in [1.54, 1.807) is 44.3 Å². The molecule has 108 valence electrons. The maximum absolute atomic E-state index is 11.8. The number of carbonyl (C=O) groups is 1. The molecule has 0 amide bonds. The van der Waals surface area contributed by atoms with Gasteiger partial charge in [0.15, 0.2) is 0 Å². The second kappa shape index (κ2) is 6.17. The fourth-order valence-electron chi connectivity index (χ4n) is 1.97. The van der Waals surface area contributed by atoms with Crippen LogP contribution in [0, 0.1) is 5.41 Å². The summed E-state index contributed by atoms with van der Waals surface area (Å²) in [5.41, 5.74) is 8.82. The number of carbonyl (C=O) groups excluding carboxylic acids is 1. The fraction of sp³-hybridized carbons (Fsp3) is 0.188. The first-order valence-corrected chi connectivity index (χ1v) is 6.61. The standard InChI is InChI=1S/C16H17N3O2/c1-3-21-16(20)12-6-4-5-11(7-12)13-8-14(10(2)17)15(18)19-9-13/h4-9,17H,3H2,1-2H3,(H2,18,19). The Morgan fingerprint density at radius 2 is 2.10 bits per heavy atom. The van der Waals surface area contributed by atoms with Gasteiger partial charge in [-0.15, -0.1) is 0 Å². The number of rotatable bonds is 4. The van der Waals surface area contributed by atoms with Gasteiger partial charge in [-0.1, -0.05) is 12.1 Å². The van der Waals surface area contributed by atoms with Gasteiger partial charge in [0.1, 0.15) is 5.82 Å². The minimum atomic E-state index is -0.355. The summed E-state index contributed by atoms with van der Waals surface area (Å²) in [5, 5.41) is 7.71. The topological polar surface area (TPSA) is 89.1 Å². The lowest BCUT2D eigenvalue weighted by Gasteiger charge is -2.08. The summed E-state index contributed by atoms with van der Waals surface area (Å²) < 4.78 is 4.99. The molecule has 21 heavy (non-hydrogen) atoms. The van der Waals surface area contributed by atoms with Gasteiger partial charge in [-0.25, -0.2) is 9.78 Å². The van der Waals surface area contributed by atoms with Gasteiger partial charge in [0.2, 0.25) is 0 Å². The largest absolute Gasteiger partial charge is 0.462 e. The van der Waals surface area contributed by atoms with E-state index in [-0.39, 0.29) is 5.97 Å². The first-order chi connectivity index (χ1) is 10.0. The molecular weight excluding hydrogens is 266 g/mol. The summed E-state index contributed by atoms with van der Waals surface area (Å²) in [4.78, 5) is 15.9. The minimum absolute atomic E-state index is 0.327. The van der Waals surface area contributed by atoms with Crippen LogP contribution in [0.3, 0.4) is 0 Å². The zero-order chi connectivity index (χ0) is 15.4. The van der Waals surface area contributed by atoms with Crippen LogP contribution in [0.1, 0.15) is 29.8 Å². The predicted molar refractivity (Wildman–Crippen MR) is 82.5 cm³/mol. The van der Waals surface area contributed by atoms with Crippen molar-refractivity contribution in [1.29, 1.82) is 5.41 Å². The summed E-state index contributed by atoms with van der Waals surface area (Å²) in [6, 6.07) is 8.91. The zero-order valence-electron chi connectivity index (χ0n) is 12.0. The Hall–Kier alpha value is -2.69. The number of nitrogens with zero attached hydrogens (tertiary/aromatic N) is 1. The van der Waals surface area contributed by atoms with Gasteiger partial charge in [0.25, 0.3) is 0 Å². The molecule has 0 aliphatic rings. The van der Waals surface area contributed by atoms with Crippen LogP contribution in [0.15, 0.2) is 36.5 Å². The molecule has 1 aromatic carbocycles. The highest BCUT2D eigenvalue weighted by molar-refractivity contribution is 6.01. The second-order valence-electron chi connectivity index (χ2n) is 4.58. The number of hydrogen-bond acceptors (Lipinski definition) is 5. The predicted octanol–water partition coefficient (Wildman–Crippen LogP) is 2.90. The van der Waals surface area contributed by atoms with Crippen molar-refractivity contribution < 1.29 is 9.53 Å². The fourth-order valence-corrected chi connectivity index (χ4v) is 1.97. The average Bonchev–Trinajstić information content (AvgIpc) is 2.48. The molecule has 3 N–H and O–H groups in total. The van der Waals surface area contributed by atoms with Crippen LogP contribution in [0.4, 0.5) is 5.82 Å². The number of anilines is 1. The SMILES string of the molecule is CCOC(=O)c1cccc(-c2cnc(N)c(C(C)=N)c2)c1. The Bertz CT molecular complexity index is 696. The Labute approximate surface area is 123 Å². The van der Waals surface area contributed by atoms with Crippen molar-refractivity contribution >= 4 is 17.5 Å². The van der Waals surface area contributed by atoms with E-state index < -0.39 is 0 Å². The maximum Gasteiger partial charge on any atom is 0.338 e. The summed E-state index contributed by atoms with van der Waals surface area (Å²) in [6.07, 6.45) is 1.63. The molecule has 0 radical (unpaired) electrons. The number of benzene rings is 1. The lowest BCUT2D eigenvalue weighted by molar-refractivity contribution is 0.0526. The highest BCUT2D eigenvalue weighted by Crippen LogP contribution is 2.23. The molecule has 2 rings (SSSR count). The molecule has 0 fully saturated rings. The van der Waals surface area contributed by atoms with Crippen molar-refractivity contribution in [2.75, 3.05) is 12.3 Å². The molecule has 0 bridgehead atoms. The first-order valence-electron chi connectivity index (χ1n) is 6.61. The van der Waals surface area contributed by atoms with Crippen LogP contribution < -0.4 is 5.73 Å². The van der Waals surface area contributed by atoms with Crippen LogP contribution in [0.2, 0.25) is 0 Å². The molecule has 5 nitrogen and oxygen atoms in total. The van der Waals surface area contributed by atoms with Crippen molar-refractivity contribution in [3.63, 3.8) is 0 Å². The zero-order valence-corrected chi connectivity index (χ0v) is 12.0.